The Labute approximate surface area is 204 Å². The van der Waals surface area contributed by atoms with Crippen molar-refractivity contribution >= 4 is 23.3 Å². The van der Waals surface area contributed by atoms with E-state index in [1.807, 2.05) is 42.5 Å². The Balaban J connectivity index is 1.28. The molecule has 9 heteroatoms. The number of methoxy groups -OCH3 is 2. The molecule has 35 heavy (non-hydrogen) atoms. The lowest BCUT2D eigenvalue weighted by Gasteiger charge is -2.35. The minimum Gasteiger partial charge on any atom is -0.497 e. The van der Waals surface area contributed by atoms with Crippen LogP contribution in [0.4, 0.5) is 11.5 Å². The number of hydrogen-bond acceptors (Lipinski definition) is 7. The van der Waals surface area contributed by atoms with E-state index in [-0.39, 0.29) is 18.4 Å². The van der Waals surface area contributed by atoms with Gasteiger partial charge < -0.3 is 29.3 Å². The molecule has 0 bridgehead atoms. The van der Waals surface area contributed by atoms with Crippen LogP contribution >= 0.6 is 0 Å². The van der Waals surface area contributed by atoms with Crippen LogP contribution in [0.1, 0.15) is 10.4 Å². The van der Waals surface area contributed by atoms with Gasteiger partial charge in [0.2, 0.25) is 0 Å². The number of carbonyl (C=O) groups excluding carboxylic acids is 2. The van der Waals surface area contributed by atoms with Gasteiger partial charge >= 0.3 is 0 Å². The van der Waals surface area contributed by atoms with Crippen LogP contribution in [0.2, 0.25) is 0 Å². The van der Waals surface area contributed by atoms with Crippen molar-refractivity contribution in [3.05, 3.63) is 72.4 Å². The van der Waals surface area contributed by atoms with Crippen LogP contribution in [0.3, 0.4) is 0 Å². The fourth-order valence-electron chi connectivity index (χ4n) is 3.73. The van der Waals surface area contributed by atoms with E-state index < -0.39 is 0 Å². The molecule has 2 heterocycles. The zero-order chi connectivity index (χ0) is 24.6. The van der Waals surface area contributed by atoms with Crippen molar-refractivity contribution in [2.45, 2.75) is 0 Å². The average molecular weight is 477 g/mol. The van der Waals surface area contributed by atoms with Crippen LogP contribution in [0.15, 0.2) is 66.9 Å². The van der Waals surface area contributed by atoms with E-state index in [0.29, 0.717) is 54.7 Å². The number of benzene rings is 2. The molecular formula is C26H28N4O5. The van der Waals surface area contributed by atoms with E-state index in [0.717, 1.165) is 5.82 Å². The van der Waals surface area contributed by atoms with Crippen molar-refractivity contribution in [2.75, 3.05) is 57.2 Å². The van der Waals surface area contributed by atoms with Gasteiger partial charge in [-0.25, -0.2) is 4.98 Å². The van der Waals surface area contributed by atoms with Gasteiger partial charge in [0.1, 0.15) is 23.1 Å². The van der Waals surface area contributed by atoms with Gasteiger partial charge in [-0.15, -0.1) is 0 Å². The third-order valence-corrected chi connectivity index (χ3v) is 5.68. The number of pyridine rings is 1. The minimum atomic E-state index is -0.290. The van der Waals surface area contributed by atoms with Crippen molar-refractivity contribution in [3.8, 4) is 17.2 Å². The maximum Gasteiger partial charge on any atom is 0.260 e. The summed E-state index contributed by atoms with van der Waals surface area (Å²) >= 11 is 0. The molecule has 1 aliphatic rings. The van der Waals surface area contributed by atoms with Crippen LogP contribution in [0.25, 0.3) is 0 Å². The van der Waals surface area contributed by atoms with Crippen molar-refractivity contribution < 1.29 is 23.8 Å². The topological polar surface area (TPSA) is 93.2 Å². The molecule has 0 aliphatic carbocycles. The van der Waals surface area contributed by atoms with Crippen LogP contribution in [0.5, 0.6) is 17.2 Å². The molecule has 0 unspecified atom stereocenters. The maximum atomic E-state index is 12.7. The fourth-order valence-corrected chi connectivity index (χ4v) is 3.73. The molecule has 1 aromatic heterocycles. The zero-order valence-electron chi connectivity index (χ0n) is 19.8. The van der Waals surface area contributed by atoms with Gasteiger partial charge in [-0.3, -0.25) is 9.59 Å². The molecule has 1 N–H and O–H groups in total. The second-order valence-electron chi connectivity index (χ2n) is 7.93. The van der Waals surface area contributed by atoms with Gasteiger partial charge in [-0.05, 0) is 36.4 Å². The summed E-state index contributed by atoms with van der Waals surface area (Å²) in [7, 11) is 3.07. The molecule has 0 radical (unpaired) electrons. The number of carbonyl (C=O) groups is 2. The molecule has 0 saturated carbocycles. The van der Waals surface area contributed by atoms with Gasteiger partial charge in [0.15, 0.2) is 6.61 Å². The Morgan fingerprint density at radius 1 is 0.886 bits per heavy atom. The molecule has 0 spiro atoms. The van der Waals surface area contributed by atoms with Gasteiger partial charge in [-0.2, -0.15) is 0 Å². The minimum absolute atomic E-state index is 0.0236. The van der Waals surface area contributed by atoms with Crippen LogP contribution in [0, 0.1) is 0 Å². The number of rotatable bonds is 8. The molecule has 3 aromatic rings. The number of amides is 2. The highest BCUT2D eigenvalue weighted by Gasteiger charge is 2.22. The summed E-state index contributed by atoms with van der Waals surface area (Å²) in [5.74, 6) is 2.22. The van der Waals surface area contributed by atoms with E-state index in [9.17, 15) is 9.59 Å². The van der Waals surface area contributed by atoms with E-state index >= 15 is 0 Å². The number of anilines is 2. The predicted octanol–water partition coefficient (Wildman–Crippen LogP) is 3.08. The Hall–Kier alpha value is -4.27. The van der Waals surface area contributed by atoms with E-state index in [1.165, 1.54) is 14.2 Å². The number of aromatic nitrogens is 1. The summed E-state index contributed by atoms with van der Waals surface area (Å²) in [6, 6.07) is 18.0. The summed E-state index contributed by atoms with van der Waals surface area (Å²) in [4.78, 5) is 33.6. The second kappa shape index (κ2) is 11.2. The Bertz CT molecular complexity index is 1120. The summed E-state index contributed by atoms with van der Waals surface area (Å²) in [6.45, 7) is 2.54. The van der Waals surface area contributed by atoms with Crippen molar-refractivity contribution in [3.63, 3.8) is 0 Å². The Morgan fingerprint density at radius 2 is 1.57 bits per heavy atom. The van der Waals surface area contributed by atoms with Gasteiger partial charge in [0.25, 0.3) is 11.8 Å². The molecule has 182 valence electrons. The van der Waals surface area contributed by atoms with Crippen molar-refractivity contribution in [2.24, 2.45) is 0 Å². The largest absolute Gasteiger partial charge is 0.497 e. The van der Waals surface area contributed by atoms with Gasteiger partial charge in [0, 0.05) is 37.8 Å². The summed E-state index contributed by atoms with van der Waals surface area (Å²) in [5, 5.41) is 2.84. The fraction of sp³-hybridized carbons (Fsp3) is 0.269. The quantitative estimate of drug-likeness (QED) is 0.534. The SMILES string of the molecule is COc1cc(OC)cc(C(=O)Nc2ccc(N3CCN(C(=O)COc4ccccc4)CC3)nc2)c1. The standard InChI is InChI=1S/C26H28N4O5/c1-33-22-14-19(15-23(16-22)34-2)26(32)28-20-8-9-24(27-17-20)29-10-12-30(13-11-29)25(31)18-35-21-6-4-3-5-7-21/h3-9,14-17H,10-13,18H2,1-2H3,(H,28,32). The number of nitrogens with zero attached hydrogens (tertiary/aromatic N) is 3. The molecule has 2 aromatic carbocycles. The molecular weight excluding hydrogens is 448 g/mol. The first-order chi connectivity index (χ1) is 17.1. The highest BCUT2D eigenvalue weighted by molar-refractivity contribution is 6.04. The van der Waals surface area contributed by atoms with Crippen molar-refractivity contribution in [1.82, 2.24) is 9.88 Å². The second-order valence-corrected chi connectivity index (χ2v) is 7.93. The number of hydrogen-bond donors (Lipinski definition) is 1. The van der Waals surface area contributed by atoms with E-state index in [4.69, 9.17) is 14.2 Å². The molecule has 0 atom stereocenters. The molecule has 1 aliphatic heterocycles. The third-order valence-electron chi connectivity index (χ3n) is 5.68. The number of nitrogens with one attached hydrogen (secondary N) is 1. The lowest BCUT2D eigenvalue weighted by atomic mass is 10.2. The molecule has 1 fully saturated rings. The van der Waals surface area contributed by atoms with Crippen LogP contribution in [-0.4, -0.2) is 68.7 Å². The first kappa shape index (κ1) is 23.9. The number of para-hydroxylation sites is 1. The smallest absolute Gasteiger partial charge is 0.260 e. The molecule has 9 nitrogen and oxygen atoms in total. The lowest BCUT2D eigenvalue weighted by molar-refractivity contribution is -0.133. The van der Waals surface area contributed by atoms with Crippen LogP contribution in [-0.2, 0) is 4.79 Å². The van der Waals surface area contributed by atoms with E-state index in [1.54, 1.807) is 29.3 Å². The monoisotopic (exact) mass is 476 g/mol. The average Bonchev–Trinajstić information content (AvgIpc) is 2.92. The molecule has 4 rings (SSSR count). The van der Waals surface area contributed by atoms with Gasteiger partial charge in [0.05, 0.1) is 26.1 Å². The van der Waals surface area contributed by atoms with E-state index in [2.05, 4.69) is 15.2 Å². The highest BCUT2D eigenvalue weighted by Crippen LogP contribution is 2.24. The maximum absolute atomic E-state index is 12.7. The van der Waals surface area contributed by atoms with Crippen LogP contribution < -0.4 is 24.4 Å². The Morgan fingerprint density at radius 3 is 2.17 bits per heavy atom. The summed E-state index contributed by atoms with van der Waals surface area (Å²) in [5.41, 5.74) is 0.995. The van der Waals surface area contributed by atoms with Crippen molar-refractivity contribution in [1.29, 1.82) is 0 Å². The summed E-state index contributed by atoms with van der Waals surface area (Å²) < 4.78 is 16.0. The normalized spacial score (nSPS) is 13.2. The highest BCUT2D eigenvalue weighted by atomic mass is 16.5. The number of piperazine rings is 1. The molecule has 2 amide bonds. The predicted molar refractivity (Wildman–Crippen MR) is 132 cm³/mol. The van der Waals surface area contributed by atoms with Gasteiger partial charge in [-0.1, -0.05) is 18.2 Å². The number of ether oxygens (including phenoxy) is 3. The zero-order valence-corrected chi connectivity index (χ0v) is 19.8. The Kier molecular flexibility index (Phi) is 7.67. The first-order valence-corrected chi connectivity index (χ1v) is 11.3. The lowest BCUT2D eigenvalue weighted by Crippen LogP contribution is -2.50. The first-order valence-electron chi connectivity index (χ1n) is 11.3. The third kappa shape index (κ3) is 6.20. The summed E-state index contributed by atoms with van der Waals surface area (Å²) in [6.07, 6.45) is 1.62. The molecule has 1 saturated heterocycles.